The standard InChI is InChI=1S/C29H36O9/c1-15(30)37-25-26(2,3)20(12-21(31)35-6)28(5)18-7-9-27(4)19(17(18)13-29(25,34)24(28)33)11-22(32)38-23(27)16-8-10-36-14-16/h8,10,14,18,20,23,25,34H,7,9,11-13H2,1-6H3/t18-,20-,23+,25-,27-,28+,29-/m1/s1. The molecule has 5 rings (SSSR count). The molecule has 1 aliphatic heterocycles. The minimum Gasteiger partial charge on any atom is -0.472 e. The van der Waals surface area contributed by atoms with Crippen molar-refractivity contribution < 1.29 is 42.9 Å². The molecule has 0 radical (unpaired) electrons. The molecule has 38 heavy (non-hydrogen) atoms. The van der Waals surface area contributed by atoms with Crippen molar-refractivity contribution >= 4 is 23.7 Å². The zero-order valence-electron chi connectivity index (χ0n) is 22.8. The number of cyclic esters (lactones) is 1. The van der Waals surface area contributed by atoms with E-state index in [1.807, 2.05) is 27.7 Å². The van der Waals surface area contributed by atoms with Gasteiger partial charge in [0.2, 0.25) is 0 Å². The van der Waals surface area contributed by atoms with Crippen LogP contribution in [-0.4, -0.2) is 47.6 Å². The van der Waals surface area contributed by atoms with E-state index in [-0.39, 0.29) is 31.1 Å². The smallest absolute Gasteiger partial charge is 0.310 e. The number of ether oxygens (including phenoxy) is 3. The van der Waals surface area contributed by atoms with Gasteiger partial charge in [-0.2, -0.15) is 0 Å². The molecule has 0 unspecified atom stereocenters. The molecule has 0 amide bonds. The van der Waals surface area contributed by atoms with Crippen molar-refractivity contribution in [2.75, 3.05) is 7.11 Å². The SMILES string of the molecule is COC(=O)C[C@@H]1C(C)(C)[C@@H](OC(C)=O)[C@@]2(O)CC3=C4CC(=O)O[C@@H](c5ccoc5)[C@]4(C)CC[C@H]3[C@]1(C)C2=O. The molecular formula is C29H36O9. The number of Topliss-reactive ketones (excluding diaryl/α,β-unsaturated/α-hetero) is 1. The van der Waals surface area contributed by atoms with Crippen LogP contribution >= 0.6 is 0 Å². The number of carbonyl (C=O) groups is 4. The van der Waals surface area contributed by atoms with Gasteiger partial charge in [-0.05, 0) is 36.3 Å². The Bertz CT molecular complexity index is 1230. The summed E-state index contributed by atoms with van der Waals surface area (Å²) in [6.07, 6.45) is 2.51. The number of aliphatic hydroxyl groups is 1. The molecule has 3 fully saturated rings. The first-order valence-electron chi connectivity index (χ1n) is 13.2. The Hall–Kier alpha value is -2.94. The van der Waals surface area contributed by atoms with Crippen molar-refractivity contribution in [2.24, 2.45) is 28.1 Å². The third-order valence-corrected chi connectivity index (χ3v) is 10.1. The van der Waals surface area contributed by atoms with E-state index in [0.717, 1.165) is 16.7 Å². The maximum absolute atomic E-state index is 14.3. The molecule has 9 nitrogen and oxygen atoms in total. The van der Waals surface area contributed by atoms with Crippen molar-refractivity contribution in [1.82, 2.24) is 0 Å². The predicted octanol–water partition coefficient (Wildman–Crippen LogP) is 3.84. The van der Waals surface area contributed by atoms with Gasteiger partial charge in [-0.15, -0.1) is 0 Å². The summed E-state index contributed by atoms with van der Waals surface area (Å²) in [6, 6.07) is 1.78. The zero-order chi connectivity index (χ0) is 27.8. The van der Waals surface area contributed by atoms with E-state index in [1.54, 1.807) is 12.3 Å². The lowest BCUT2D eigenvalue weighted by Crippen LogP contribution is -2.74. The lowest BCUT2D eigenvalue weighted by atomic mass is 9.39. The number of rotatable bonds is 4. The highest BCUT2D eigenvalue weighted by atomic mass is 16.6. The van der Waals surface area contributed by atoms with E-state index in [4.69, 9.17) is 18.6 Å². The van der Waals surface area contributed by atoms with E-state index in [9.17, 15) is 24.3 Å². The first-order valence-corrected chi connectivity index (χ1v) is 13.2. The van der Waals surface area contributed by atoms with Gasteiger partial charge in [0.05, 0.1) is 26.1 Å². The highest BCUT2D eigenvalue weighted by Gasteiger charge is 2.74. The minimum absolute atomic E-state index is 0.0420. The van der Waals surface area contributed by atoms with Crippen LogP contribution in [0.2, 0.25) is 0 Å². The molecule has 2 bridgehead atoms. The number of ketones is 1. The van der Waals surface area contributed by atoms with E-state index >= 15 is 0 Å². The van der Waals surface area contributed by atoms with Gasteiger partial charge in [-0.3, -0.25) is 19.2 Å². The van der Waals surface area contributed by atoms with Crippen LogP contribution in [0.25, 0.3) is 0 Å². The van der Waals surface area contributed by atoms with Crippen LogP contribution in [0, 0.1) is 28.1 Å². The summed E-state index contributed by atoms with van der Waals surface area (Å²) in [5, 5.41) is 12.2. The summed E-state index contributed by atoms with van der Waals surface area (Å²) in [7, 11) is 1.30. The zero-order valence-corrected chi connectivity index (χ0v) is 22.8. The van der Waals surface area contributed by atoms with Gasteiger partial charge in [-0.1, -0.05) is 33.3 Å². The van der Waals surface area contributed by atoms with Crippen LogP contribution in [0.5, 0.6) is 0 Å². The van der Waals surface area contributed by atoms with E-state index in [1.165, 1.54) is 20.3 Å². The fraction of sp³-hybridized carbons (Fsp3) is 0.655. The van der Waals surface area contributed by atoms with Crippen LogP contribution in [0.1, 0.15) is 78.4 Å². The molecular weight excluding hydrogens is 492 g/mol. The monoisotopic (exact) mass is 528 g/mol. The van der Waals surface area contributed by atoms with E-state index in [0.29, 0.717) is 12.8 Å². The topological polar surface area (TPSA) is 129 Å². The number of fused-ring (bicyclic) bond motifs is 5. The Kier molecular flexibility index (Phi) is 5.98. The maximum Gasteiger partial charge on any atom is 0.310 e. The number of methoxy groups -OCH3 is 1. The summed E-state index contributed by atoms with van der Waals surface area (Å²) in [5.41, 5.74) is -2.24. The summed E-state index contributed by atoms with van der Waals surface area (Å²) in [4.78, 5) is 52.1. The summed E-state index contributed by atoms with van der Waals surface area (Å²) >= 11 is 0. The Morgan fingerprint density at radius 1 is 1.18 bits per heavy atom. The molecule has 2 saturated carbocycles. The maximum atomic E-state index is 14.3. The highest BCUT2D eigenvalue weighted by Crippen LogP contribution is 2.68. The molecule has 1 saturated heterocycles. The summed E-state index contributed by atoms with van der Waals surface area (Å²) in [5.74, 6) is -2.82. The molecule has 0 aromatic carbocycles. The van der Waals surface area contributed by atoms with Crippen LogP contribution in [0.4, 0.5) is 0 Å². The normalized spacial score (nSPS) is 39.6. The fourth-order valence-corrected chi connectivity index (χ4v) is 8.47. The average Bonchev–Trinajstić information content (AvgIpc) is 3.38. The lowest BCUT2D eigenvalue weighted by molar-refractivity contribution is -0.235. The molecule has 1 aromatic heterocycles. The van der Waals surface area contributed by atoms with Gasteiger partial charge in [0.15, 0.2) is 11.4 Å². The van der Waals surface area contributed by atoms with Gasteiger partial charge in [0.25, 0.3) is 0 Å². The van der Waals surface area contributed by atoms with E-state index < -0.39 is 57.7 Å². The molecule has 9 heteroatoms. The van der Waals surface area contributed by atoms with Crippen molar-refractivity contribution in [3.8, 4) is 0 Å². The number of hydrogen-bond donors (Lipinski definition) is 1. The number of hydrogen-bond acceptors (Lipinski definition) is 9. The van der Waals surface area contributed by atoms with Gasteiger partial charge in [0, 0.05) is 41.6 Å². The molecule has 1 N–H and O–H groups in total. The highest BCUT2D eigenvalue weighted by molar-refractivity contribution is 5.98. The summed E-state index contributed by atoms with van der Waals surface area (Å²) < 4.78 is 21.9. The largest absolute Gasteiger partial charge is 0.472 e. The van der Waals surface area contributed by atoms with Crippen LogP contribution < -0.4 is 0 Å². The van der Waals surface area contributed by atoms with Gasteiger partial charge in [-0.25, -0.2) is 0 Å². The minimum atomic E-state index is -2.01. The molecule has 206 valence electrons. The van der Waals surface area contributed by atoms with Crippen molar-refractivity contribution in [3.05, 3.63) is 35.3 Å². The molecule has 3 aliphatic carbocycles. The molecule has 4 aliphatic rings. The first-order chi connectivity index (χ1) is 17.7. The molecule has 7 atom stereocenters. The predicted molar refractivity (Wildman–Crippen MR) is 132 cm³/mol. The summed E-state index contributed by atoms with van der Waals surface area (Å²) in [6.45, 7) is 8.78. The second-order valence-electron chi connectivity index (χ2n) is 12.5. The fourth-order valence-electron chi connectivity index (χ4n) is 8.47. The Labute approximate surface area is 221 Å². The third-order valence-electron chi connectivity index (χ3n) is 10.1. The molecule has 1 aromatic rings. The Morgan fingerprint density at radius 2 is 1.89 bits per heavy atom. The Morgan fingerprint density at radius 3 is 2.50 bits per heavy atom. The average molecular weight is 529 g/mol. The quantitative estimate of drug-likeness (QED) is 0.352. The van der Waals surface area contributed by atoms with Gasteiger partial charge in [0.1, 0.15) is 12.2 Å². The number of esters is 3. The molecule has 0 spiro atoms. The Balaban J connectivity index is 1.73. The van der Waals surface area contributed by atoms with Crippen molar-refractivity contribution in [2.45, 2.75) is 84.5 Å². The van der Waals surface area contributed by atoms with Crippen LogP contribution in [-0.2, 0) is 33.4 Å². The second-order valence-corrected chi connectivity index (χ2v) is 12.5. The number of carbonyl (C=O) groups excluding carboxylic acids is 4. The van der Waals surface area contributed by atoms with Crippen LogP contribution in [0.15, 0.2) is 34.2 Å². The number of furan rings is 1. The van der Waals surface area contributed by atoms with Gasteiger partial charge < -0.3 is 23.7 Å². The van der Waals surface area contributed by atoms with Crippen molar-refractivity contribution in [1.29, 1.82) is 0 Å². The second kappa shape index (κ2) is 8.53. The lowest BCUT2D eigenvalue weighted by Gasteiger charge is -2.65. The van der Waals surface area contributed by atoms with E-state index in [2.05, 4.69) is 0 Å². The third kappa shape index (κ3) is 3.46. The molecule has 2 heterocycles. The van der Waals surface area contributed by atoms with Crippen molar-refractivity contribution in [3.63, 3.8) is 0 Å². The van der Waals surface area contributed by atoms with Crippen LogP contribution in [0.3, 0.4) is 0 Å². The first kappa shape index (κ1) is 26.7. The van der Waals surface area contributed by atoms with Gasteiger partial charge >= 0.3 is 17.9 Å².